The van der Waals surface area contributed by atoms with Crippen LogP contribution in [-0.2, 0) is 12.7 Å². The fourth-order valence-electron chi connectivity index (χ4n) is 4.69. The van der Waals surface area contributed by atoms with E-state index >= 15 is 0 Å². The van der Waals surface area contributed by atoms with Gasteiger partial charge in [0.15, 0.2) is 5.76 Å². The number of benzene rings is 2. The van der Waals surface area contributed by atoms with Crippen molar-refractivity contribution in [3.63, 3.8) is 0 Å². The van der Waals surface area contributed by atoms with Crippen LogP contribution in [0.15, 0.2) is 53.1 Å². The van der Waals surface area contributed by atoms with Crippen LogP contribution < -0.4 is 4.74 Å². The Hall–Kier alpha value is -2.99. The predicted octanol–water partition coefficient (Wildman–Crippen LogP) is 5.22. The highest BCUT2D eigenvalue weighted by Crippen LogP contribution is 2.31. The van der Waals surface area contributed by atoms with E-state index in [1.165, 1.54) is 12.1 Å². The van der Waals surface area contributed by atoms with Crippen molar-refractivity contribution in [2.45, 2.75) is 38.7 Å². The van der Waals surface area contributed by atoms with Crippen molar-refractivity contribution in [2.24, 2.45) is 0 Å². The fourth-order valence-corrected chi connectivity index (χ4v) is 5.50. The third-order valence-corrected chi connectivity index (χ3v) is 7.60. The molecule has 1 saturated heterocycles. The maximum Gasteiger partial charge on any atom is 0.416 e. The Labute approximate surface area is 222 Å². The molecule has 0 spiro atoms. The molecule has 1 fully saturated rings. The summed E-state index contributed by atoms with van der Waals surface area (Å²) in [6.07, 6.45) is -5.00. The van der Waals surface area contributed by atoms with E-state index in [-0.39, 0.29) is 12.6 Å². The fraction of sp³-hybridized carbons (Fsp3) is 0.407. The van der Waals surface area contributed by atoms with E-state index in [0.29, 0.717) is 30.2 Å². The minimum absolute atomic E-state index is 0.202. The van der Waals surface area contributed by atoms with E-state index in [4.69, 9.17) is 9.26 Å². The summed E-state index contributed by atoms with van der Waals surface area (Å²) in [4.78, 5) is 8.98. The van der Waals surface area contributed by atoms with Crippen LogP contribution in [0.3, 0.4) is 0 Å². The molecule has 3 heterocycles. The van der Waals surface area contributed by atoms with Crippen LogP contribution in [0.25, 0.3) is 21.5 Å². The van der Waals surface area contributed by atoms with Crippen molar-refractivity contribution in [3.05, 3.63) is 64.8 Å². The number of hydrogen-bond acceptors (Lipinski definition) is 8. The van der Waals surface area contributed by atoms with Gasteiger partial charge in [-0.05, 0) is 38.1 Å². The molecule has 1 aliphatic heterocycles. The van der Waals surface area contributed by atoms with Crippen LogP contribution in [0.2, 0.25) is 0 Å². The summed E-state index contributed by atoms with van der Waals surface area (Å²) in [5.41, 5.74) is 1.48. The lowest BCUT2D eigenvalue weighted by Crippen LogP contribution is -2.53. The van der Waals surface area contributed by atoms with Gasteiger partial charge in [-0.15, -0.1) is 11.3 Å². The summed E-state index contributed by atoms with van der Waals surface area (Å²) in [6.45, 7) is 7.74. The SMILES string of the molecule is Cc1nc2cc(OCC(O)CN3CCN(Cc4cc(-c5ccc(C(F)(F)F)cc5)on4)CC3C)ccc2s1. The number of aliphatic hydroxyl groups is 1. The lowest BCUT2D eigenvalue weighted by atomic mass is 10.1. The van der Waals surface area contributed by atoms with Crippen LogP contribution in [0.1, 0.15) is 23.2 Å². The quantitative estimate of drug-likeness (QED) is 0.325. The zero-order valence-corrected chi connectivity index (χ0v) is 21.9. The Balaban J connectivity index is 1.09. The van der Waals surface area contributed by atoms with Gasteiger partial charge in [-0.2, -0.15) is 13.2 Å². The third-order valence-electron chi connectivity index (χ3n) is 6.64. The minimum Gasteiger partial charge on any atom is -0.491 e. The predicted molar refractivity (Wildman–Crippen MR) is 139 cm³/mol. The number of aliphatic hydroxyl groups excluding tert-OH is 1. The molecule has 38 heavy (non-hydrogen) atoms. The molecule has 0 radical (unpaired) electrons. The number of aryl methyl sites for hydroxylation is 1. The molecule has 1 aliphatic rings. The second-order valence-corrected chi connectivity index (χ2v) is 10.9. The molecule has 2 aromatic heterocycles. The van der Waals surface area contributed by atoms with E-state index in [9.17, 15) is 18.3 Å². The molecule has 1 N–H and O–H groups in total. The average molecular weight is 547 g/mol. The Bertz CT molecular complexity index is 1370. The van der Waals surface area contributed by atoms with E-state index in [1.54, 1.807) is 17.4 Å². The standard InChI is InChI=1S/C27H29F3N4O3S/c1-17-13-33(14-21-11-25(37-32-21)19-3-5-20(6-4-19)27(28,29)30)9-10-34(17)15-22(35)16-36-23-7-8-26-24(12-23)31-18(2)38-26/h3-8,11-12,17,22,35H,9-10,13-16H2,1-2H3. The zero-order chi connectivity index (χ0) is 26.9. The first kappa shape index (κ1) is 26.6. The van der Waals surface area contributed by atoms with Gasteiger partial charge in [0.2, 0.25) is 0 Å². The number of piperazine rings is 1. The van der Waals surface area contributed by atoms with Gasteiger partial charge in [0.1, 0.15) is 18.5 Å². The average Bonchev–Trinajstić information content (AvgIpc) is 3.49. The number of aromatic nitrogens is 2. The Morgan fingerprint density at radius 1 is 1.16 bits per heavy atom. The highest BCUT2D eigenvalue weighted by Gasteiger charge is 2.30. The van der Waals surface area contributed by atoms with Crippen molar-refractivity contribution in [1.82, 2.24) is 19.9 Å². The van der Waals surface area contributed by atoms with Crippen molar-refractivity contribution in [2.75, 3.05) is 32.8 Å². The van der Waals surface area contributed by atoms with Gasteiger partial charge in [0, 0.05) is 56.5 Å². The maximum atomic E-state index is 12.8. The zero-order valence-electron chi connectivity index (χ0n) is 21.1. The molecule has 2 atom stereocenters. The molecular formula is C27H29F3N4O3S. The summed E-state index contributed by atoms with van der Waals surface area (Å²) < 4.78 is 50.7. The van der Waals surface area contributed by atoms with Crippen LogP contribution >= 0.6 is 11.3 Å². The van der Waals surface area contributed by atoms with Gasteiger partial charge in [-0.3, -0.25) is 9.80 Å². The summed E-state index contributed by atoms with van der Waals surface area (Å²) >= 11 is 1.64. The topological polar surface area (TPSA) is 74.9 Å². The molecule has 4 aromatic rings. The van der Waals surface area contributed by atoms with E-state index in [1.807, 2.05) is 25.1 Å². The number of β-amino-alcohol motifs (C(OH)–C–C–N with tert-alkyl or cyclic N) is 1. The Morgan fingerprint density at radius 3 is 2.68 bits per heavy atom. The molecule has 2 aromatic carbocycles. The van der Waals surface area contributed by atoms with E-state index in [0.717, 1.165) is 52.7 Å². The molecule has 0 amide bonds. The van der Waals surface area contributed by atoms with Gasteiger partial charge >= 0.3 is 6.18 Å². The van der Waals surface area contributed by atoms with Crippen molar-refractivity contribution < 1.29 is 27.5 Å². The lowest BCUT2D eigenvalue weighted by molar-refractivity contribution is -0.137. The largest absolute Gasteiger partial charge is 0.491 e. The van der Waals surface area contributed by atoms with Gasteiger partial charge in [0.05, 0.1) is 26.5 Å². The molecule has 11 heteroatoms. The molecule has 202 valence electrons. The van der Waals surface area contributed by atoms with Gasteiger partial charge in [0.25, 0.3) is 0 Å². The molecule has 0 aliphatic carbocycles. The second-order valence-electron chi connectivity index (χ2n) is 9.66. The van der Waals surface area contributed by atoms with Crippen LogP contribution in [0.4, 0.5) is 13.2 Å². The third kappa shape index (κ3) is 6.35. The number of halogens is 3. The number of alkyl halides is 3. The van der Waals surface area contributed by atoms with E-state index < -0.39 is 17.8 Å². The first-order chi connectivity index (χ1) is 18.1. The van der Waals surface area contributed by atoms with Gasteiger partial charge < -0.3 is 14.4 Å². The molecule has 0 saturated carbocycles. The smallest absolute Gasteiger partial charge is 0.416 e. The monoisotopic (exact) mass is 546 g/mol. The first-order valence-corrected chi connectivity index (χ1v) is 13.2. The summed E-state index contributed by atoms with van der Waals surface area (Å²) in [5.74, 6) is 1.13. The number of nitrogens with zero attached hydrogens (tertiary/aromatic N) is 4. The van der Waals surface area contributed by atoms with Crippen molar-refractivity contribution in [3.8, 4) is 17.1 Å². The van der Waals surface area contributed by atoms with Gasteiger partial charge in [-0.25, -0.2) is 4.98 Å². The van der Waals surface area contributed by atoms with E-state index in [2.05, 4.69) is 26.9 Å². The molecule has 0 bridgehead atoms. The first-order valence-electron chi connectivity index (χ1n) is 12.4. The Morgan fingerprint density at radius 2 is 1.95 bits per heavy atom. The highest BCUT2D eigenvalue weighted by atomic mass is 32.1. The number of rotatable bonds is 8. The summed E-state index contributed by atoms with van der Waals surface area (Å²) in [5, 5.41) is 15.7. The number of thiazole rings is 1. The van der Waals surface area contributed by atoms with Crippen molar-refractivity contribution in [1.29, 1.82) is 0 Å². The minimum atomic E-state index is -4.37. The number of ether oxygens (including phenoxy) is 1. The van der Waals surface area contributed by atoms with Crippen LogP contribution in [0, 0.1) is 6.92 Å². The number of hydrogen-bond donors (Lipinski definition) is 1. The number of fused-ring (bicyclic) bond motifs is 1. The lowest BCUT2D eigenvalue weighted by Gasteiger charge is -2.40. The normalized spacial score (nSPS) is 18.2. The maximum absolute atomic E-state index is 12.8. The second kappa shape index (κ2) is 11.0. The van der Waals surface area contributed by atoms with Crippen LogP contribution in [0.5, 0.6) is 5.75 Å². The molecule has 2 unspecified atom stereocenters. The Kier molecular flexibility index (Phi) is 7.71. The summed E-state index contributed by atoms with van der Waals surface area (Å²) in [6, 6.07) is 12.6. The molecule has 5 rings (SSSR count). The molecule has 7 nitrogen and oxygen atoms in total. The van der Waals surface area contributed by atoms with Crippen LogP contribution in [-0.4, -0.2) is 70.0 Å². The highest BCUT2D eigenvalue weighted by molar-refractivity contribution is 7.18. The van der Waals surface area contributed by atoms with Gasteiger partial charge in [-0.1, -0.05) is 17.3 Å². The molecular weight excluding hydrogens is 517 g/mol. The van der Waals surface area contributed by atoms with Crippen molar-refractivity contribution >= 4 is 21.6 Å². The summed E-state index contributed by atoms with van der Waals surface area (Å²) in [7, 11) is 0.